The van der Waals surface area contributed by atoms with Crippen LogP contribution in [-0.4, -0.2) is 46.5 Å². The number of pyridine rings is 1. The Morgan fingerprint density at radius 3 is 2.65 bits per heavy atom. The van der Waals surface area contributed by atoms with Crippen LogP contribution in [0.2, 0.25) is 0 Å². The third kappa shape index (κ3) is 5.32. The largest absolute Gasteiger partial charge is 0.497 e. The highest BCUT2D eigenvalue weighted by Gasteiger charge is 2.24. The maximum Gasteiger partial charge on any atom is 0.118 e. The summed E-state index contributed by atoms with van der Waals surface area (Å²) >= 11 is 0. The molecule has 1 aliphatic rings. The summed E-state index contributed by atoms with van der Waals surface area (Å²) in [5, 5.41) is 4.58. The van der Waals surface area contributed by atoms with Crippen LogP contribution >= 0.6 is 0 Å². The van der Waals surface area contributed by atoms with Crippen LogP contribution in [0.4, 0.5) is 0 Å². The fraction of sp³-hybridized carbons (Fsp3) is 0.440. The minimum atomic E-state index is -0.00945. The molecule has 2 aromatic heterocycles. The first-order valence-electron chi connectivity index (χ1n) is 11.0. The highest BCUT2D eigenvalue weighted by atomic mass is 16.5. The van der Waals surface area contributed by atoms with Crippen molar-refractivity contribution in [2.75, 3.05) is 26.8 Å². The number of morpholine rings is 1. The maximum absolute atomic E-state index is 6.14. The summed E-state index contributed by atoms with van der Waals surface area (Å²) in [5.41, 5.74) is 6.97. The van der Waals surface area contributed by atoms with Gasteiger partial charge in [0.2, 0.25) is 0 Å². The molecule has 0 spiro atoms. The Bertz CT molecular complexity index is 1010. The second-order valence-corrected chi connectivity index (χ2v) is 8.26. The molecule has 1 fully saturated rings. The number of benzene rings is 1. The van der Waals surface area contributed by atoms with Crippen molar-refractivity contribution in [3.05, 3.63) is 76.4 Å². The second kappa shape index (κ2) is 9.62. The summed E-state index contributed by atoms with van der Waals surface area (Å²) in [6.45, 7) is 10.6. The molecule has 3 aromatic rings. The van der Waals surface area contributed by atoms with Crippen molar-refractivity contribution in [1.82, 2.24) is 19.7 Å². The molecule has 1 atom stereocenters. The minimum Gasteiger partial charge on any atom is -0.497 e. The second-order valence-electron chi connectivity index (χ2n) is 8.26. The first-order valence-corrected chi connectivity index (χ1v) is 11.0. The number of nitrogens with zero attached hydrogens (tertiary/aromatic N) is 4. The molecule has 0 saturated carbocycles. The summed E-state index contributed by atoms with van der Waals surface area (Å²) in [5.74, 6) is 0.880. The summed E-state index contributed by atoms with van der Waals surface area (Å²) < 4.78 is 13.4. The molecular formula is C25H32N4O2. The average molecular weight is 421 g/mol. The van der Waals surface area contributed by atoms with Crippen molar-refractivity contribution >= 4 is 0 Å². The van der Waals surface area contributed by atoms with Gasteiger partial charge >= 0.3 is 0 Å². The molecule has 1 unspecified atom stereocenters. The van der Waals surface area contributed by atoms with Crippen molar-refractivity contribution in [3.63, 3.8) is 0 Å². The van der Waals surface area contributed by atoms with Crippen LogP contribution in [0.3, 0.4) is 0 Å². The summed E-state index contributed by atoms with van der Waals surface area (Å²) in [7, 11) is 1.69. The molecule has 0 aliphatic carbocycles. The van der Waals surface area contributed by atoms with E-state index in [-0.39, 0.29) is 6.10 Å². The number of hydrogen-bond donors (Lipinski definition) is 0. The van der Waals surface area contributed by atoms with E-state index in [1.165, 1.54) is 16.7 Å². The van der Waals surface area contributed by atoms with Gasteiger partial charge in [0.05, 0.1) is 25.1 Å². The van der Waals surface area contributed by atoms with Crippen molar-refractivity contribution in [2.45, 2.75) is 46.4 Å². The lowest BCUT2D eigenvalue weighted by atomic mass is 10.0. The molecular weight excluding hydrogens is 388 g/mol. The third-order valence-corrected chi connectivity index (χ3v) is 5.85. The maximum atomic E-state index is 6.14. The number of rotatable bonds is 7. The molecule has 1 saturated heterocycles. The molecule has 0 bridgehead atoms. The Hall–Kier alpha value is -2.70. The van der Waals surface area contributed by atoms with E-state index in [4.69, 9.17) is 14.5 Å². The van der Waals surface area contributed by atoms with Crippen LogP contribution in [0.25, 0.3) is 0 Å². The van der Waals surface area contributed by atoms with Gasteiger partial charge in [0, 0.05) is 43.6 Å². The van der Waals surface area contributed by atoms with Crippen LogP contribution in [0.5, 0.6) is 5.75 Å². The van der Waals surface area contributed by atoms with Gasteiger partial charge in [-0.1, -0.05) is 12.1 Å². The predicted octanol–water partition coefficient (Wildman–Crippen LogP) is 4.09. The van der Waals surface area contributed by atoms with Crippen molar-refractivity contribution in [3.8, 4) is 5.75 Å². The van der Waals surface area contributed by atoms with E-state index in [1.807, 2.05) is 16.8 Å². The van der Waals surface area contributed by atoms with Gasteiger partial charge in [-0.2, -0.15) is 5.10 Å². The highest BCUT2D eigenvalue weighted by molar-refractivity contribution is 5.33. The van der Waals surface area contributed by atoms with Gasteiger partial charge in [-0.25, -0.2) is 0 Å². The van der Waals surface area contributed by atoms with Gasteiger partial charge in [0.1, 0.15) is 11.9 Å². The van der Waals surface area contributed by atoms with E-state index < -0.39 is 0 Å². The summed E-state index contributed by atoms with van der Waals surface area (Å²) in [6, 6.07) is 12.6. The van der Waals surface area contributed by atoms with Gasteiger partial charge < -0.3 is 9.47 Å². The molecule has 4 rings (SSSR count). The minimum absolute atomic E-state index is 0.00945. The van der Waals surface area contributed by atoms with Crippen molar-refractivity contribution < 1.29 is 9.47 Å². The fourth-order valence-electron chi connectivity index (χ4n) is 4.16. The molecule has 1 aromatic carbocycles. The topological polar surface area (TPSA) is 52.4 Å². The van der Waals surface area contributed by atoms with Crippen molar-refractivity contribution in [1.29, 1.82) is 0 Å². The average Bonchev–Trinajstić information content (AvgIpc) is 3.13. The number of ether oxygens (including phenoxy) is 2. The van der Waals surface area contributed by atoms with E-state index in [0.717, 1.165) is 62.0 Å². The number of hydrogen-bond acceptors (Lipinski definition) is 5. The Morgan fingerprint density at radius 1 is 1.13 bits per heavy atom. The first-order chi connectivity index (χ1) is 15.0. The van der Waals surface area contributed by atoms with Crippen LogP contribution in [0.1, 0.15) is 46.8 Å². The molecule has 31 heavy (non-hydrogen) atoms. The van der Waals surface area contributed by atoms with Crippen LogP contribution < -0.4 is 4.74 Å². The lowest BCUT2D eigenvalue weighted by Gasteiger charge is -2.32. The quantitative estimate of drug-likeness (QED) is 0.576. The fourth-order valence-corrected chi connectivity index (χ4v) is 4.16. The predicted molar refractivity (Wildman–Crippen MR) is 121 cm³/mol. The van der Waals surface area contributed by atoms with Gasteiger partial charge in [-0.3, -0.25) is 14.6 Å². The monoisotopic (exact) mass is 420 g/mol. The molecule has 0 N–H and O–H groups in total. The molecule has 3 heterocycles. The molecule has 1 aliphatic heterocycles. The van der Waals surface area contributed by atoms with Gasteiger partial charge in [0.25, 0.3) is 0 Å². The van der Waals surface area contributed by atoms with Crippen LogP contribution in [0, 0.1) is 13.8 Å². The van der Waals surface area contributed by atoms with Crippen molar-refractivity contribution in [2.24, 2.45) is 0 Å². The third-order valence-electron chi connectivity index (χ3n) is 5.85. The Kier molecular flexibility index (Phi) is 6.68. The standard InChI is InChI=1S/C25H32N4O2/c1-5-29-16-22(19(3)27-29)15-28-10-11-31-25(17-28)24-14-21(12-18(2)26-24)13-20-6-8-23(30-4)9-7-20/h6-9,12,14,16,25H,5,10-11,13,15,17H2,1-4H3. The van der Waals surface area contributed by atoms with E-state index >= 15 is 0 Å². The Morgan fingerprint density at radius 2 is 1.94 bits per heavy atom. The lowest BCUT2D eigenvalue weighted by Crippen LogP contribution is -2.38. The van der Waals surface area contributed by atoms with Gasteiger partial charge in [-0.15, -0.1) is 0 Å². The lowest BCUT2D eigenvalue weighted by molar-refractivity contribution is -0.0351. The molecule has 6 nitrogen and oxygen atoms in total. The molecule has 0 amide bonds. The summed E-state index contributed by atoms with van der Waals surface area (Å²) in [4.78, 5) is 7.26. The summed E-state index contributed by atoms with van der Waals surface area (Å²) in [6.07, 6.45) is 3.02. The Labute approximate surface area is 184 Å². The number of aromatic nitrogens is 3. The van der Waals surface area contributed by atoms with Crippen LogP contribution in [0.15, 0.2) is 42.6 Å². The Balaban J connectivity index is 1.47. The van der Waals surface area contributed by atoms with E-state index in [9.17, 15) is 0 Å². The number of methoxy groups -OCH3 is 1. The SMILES string of the molecule is CCn1cc(CN2CCOC(c3cc(Cc4ccc(OC)cc4)cc(C)n3)C2)c(C)n1. The zero-order chi connectivity index (χ0) is 21.8. The molecule has 164 valence electrons. The van der Waals surface area contributed by atoms with E-state index in [0.29, 0.717) is 0 Å². The number of aryl methyl sites for hydroxylation is 3. The molecule has 0 radical (unpaired) electrons. The highest BCUT2D eigenvalue weighted by Crippen LogP contribution is 2.25. The van der Waals surface area contributed by atoms with E-state index in [2.05, 4.69) is 61.2 Å². The zero-order valence-corrected chi connectivity index (χ0v) is 19.0. The van der Waals surface area contributed by atoms with E-state index in [1.54, 1.807) is 7.11 Å². The smallest absolute Gasteiger partial charge is 0.118 e. The first kappa shape index (κ1) is 21.5. The van der Waals surface area contributed by atoms with Crippen LogP contribution in [-0.2, 0) is 24.2 Å². The normalized spacial score (nSPS) is 17.1. The molecule has 6 heteroatoms. The van der Waals surface area contributed by atoms with Gasteiger partial charge in [-0.05, 0) is 62.6 Å². The zero-order valence-electron chi connectivity index (χ0n) is 19.0. The van der Waals surface area contributed by atoms with Gasteiger partial charge in [0.15, 0.2) is 0 Å².